The zero-order chi connectivity index (χ0) is 17.0. The van der Waals surface area contributed by atoms with E-state index in [1.807, 2.05) is 45.9 Å². The summed E-state index contributed by atoms with van der Waals surface area (Å²) in [5.41, 5.74) is 0.699. The third kappa shape index (κ3) is 4.18. The SMILES string of the molecule is CC(C)NC(=O)c1nc(-c2ccccc2)oc1C(=O)NC(C)C. The number of aromatic nitrogens is 1. The highest BCUT2D eigenvalue weighted by Crippen LogP contribution is 2.22. The van der Waals surface area contributed by atoms with Crippen LogP contribution in [0, 0.1) is 0 Å². The number of benzene rings is 1. The average molecular weight is 315 g/mol. The van der Waals surface area contributed by atoms with Crippen molar-refractivity contribution in [3.05, 3.63) is 41.8 Å². The van der Waals surface area contributed by atoms with Gasteiger partial charge in [0.2, 0.25) is 11.7 Å². The van der Waals surface area contributed by atoms with Gasteiger partial charge < -0.3 is 15.1 Å². The lowest BCUT2D eigenvalue weighted by Crippen LogP contribution is -2.34. The van der Waals surface area contributed by atoms with Gasteiger partial charge in [-0.25, -0.2) is 4.98 Å². The lowest BCUT2D eigenvalue weighted by atomic mass is 10.2. The summed E-state index contributed by atoms with van der Waals surface area (Å²) in [6.07, 6.45) is 0. The van der Waals surface area contributed by atoms with Crippen molar-refractivity contribution in [3.8, 4) is 11.5 Å². The zero-order valence-electron chi connectivity index (χ0n) is 13.7. The fraction of sp³-hybridized carbons (Fsp3) is 0.353. The second-order valence-electron chi connectivity index (χ2n) is 5.82. The summed E-state index contributed by atoms with van der Waals surface area (Å²) < 4.78 is 5.58. The maximum absolute atomic E-state index is 12.3. The van der Waals surface area contributed by atoms with Crippen LogP contribution in [0.5, 0.6) is 0 Å². The molecule has 2 rings (SSSR count). The molecule has 23 heavy (non-hydrogen) atoms. The van der Waals surface area contributed by atoms with Crippen molar-refractivity contribution >= 4 is 11.8 Å². The van der Waals surface area contributed by atoms with E-state index in [0.29, 0.717) is 5.56 Å². The normalized spacial score (nSPS) is 10.9. The number of hydrogen-bond donors (Lipinski definition) is 2. The number of nitrogens with zero attached hydrogens (tertiary/aromatic N) is 1. The summed E-state index contributed by atoms with van der Waals surface area (Å²) in [6, 6.07) is 9.00. The lowest BCUT2D eigenvalue weighted by Gasteiger charge is -2.08. The van der Waals surface area contributed by atoms with Gasteiger partial charge in [0.15, 0.2) is 5.69 Å². The summed E-state index contributed by atoms with van der Waals surface area (Å²) in [5.74, 6) is -0.715. The van der Waals surface area contributed by atoms with E-state index in [2.05, 4.69) is 15.6 Å². The molecule has 0 saturated heterocycles. The fourth-order valence-electron chi connectivity index (χ4n) is 1.99. The third-order valence-corrected chi connectivity index (χ3v) is 2.91. The first kappa shape index (κ1) is 16.7. The monoisotopic (exact) mass is 315 g/mol. The van der Waals surface area contributed by atoms with Crippen molar-refractivity contribution in [2.45, 2.75) is 39.8 Å². The topological polar surface area (TPSA) is 84.2 Å². The van der Waals surface area contributed by atoms with Crippen molar-refractivity contribution in [1.29, 1.82) is 0 Å². The van der Waals surface area contributed by atoms with Crippen molar-refractivity contribution < 1.29 is 14.0 Å². The number of rotatable bonds is 5. The van der Waals surface area contributed by atoms with Gasteiger partial charge in [-0.05, 0) is 39.8 Å². The molecule has 0 fully saturated rings. The van der Waals surface area contributed by atoms with Crippen LogP contribution in [-0.2, 0) is 0 Å². The van der Waals surface area contributed by atoms with Crippen molar-refractivity contribution in [2.75, 3.05) is 0 Å². The second-order valence-corrected chi connectivity index (χ2v) is 5.82. The third-order valence-electron chi connectivity index (χ3n) is 2.91. The van der Waals surface area contributed by atoms with E-state index in [9.17, 15) is 9.59 Å². The van der Waals surface area contributed by atoms with Gasteiger partial charge in [0.05, 0.1) is 0 Å². The lowest BCUT2D eigenvalue weighted by molar-refractivity contribution is 0.0886. The Morgan fingerprint density at radius 1 is 0.957 bits per heavy atom. The number of hydrogen-bond acceptors (Lipinski definition) is 4. The molecular formula is C17H21N3O3. The number of amides is 2. The first-order valence-corrected chi connectivity index (χ1v) is 7.56. The molecule has 6 heteroatoms. The van der Waals surface area contributed by atoms with Crippen LogP contribution in [0.4, 0.5) is 0 Å². The van der Waals surface area contributed by atoms with Crippen LogP contribution in [-0.4, -0.2) is 28.9 Å². The molecule has 0 radical (unpaired) electrons. The van der Waals surface area contributed by atoms with Crippen LogP contribution in [0.15, 0.2) is 34.7 Å². The van der Waals surface area contributed by atoms with Crippen LogP contribution in [0.2, 0.25) is 0 Å². The van der Waals surface area contributed by atoms with Crippen LogP contribution in [0.3, 0.4) is 0 Å². The quantitative estimate of drug-likeness (QED) is 0.888. The summed E-state index contributed by atoms with van der Waals surface area (Å²) in [6.45, 7) is 7.34. The second kappa shape index (κ2) is 7.09. The molecule has 0 bridgehead atoms. The molecular weight excluding hydrogens is 294 g/mol. The van der Waals surface area contributed by atoms with E-state index < -0.39 is 11.8 Å². The van der Waals surface area contributed by atoms with E-state index in [-0.39, 0.29) is 29.4 Å². The number of oxazole rings is 1. The summed E-state index contributed by atoms with van der Waals surface area (Å²) in [4.78, 5) is 28.8. The predicted octanol–water partition coefficient (Wildman–Crippen LogP) is 2.62. The number of carbonyl (C=O) groups is 2. The van der Waals surface area contributed by atoms with E-state index in [4.69, 9.17) is 4.42 Å². The van der Waals surface area contributed by atoms with E-state index in [0.717, 1.165) is 0 Å². The number of nitrogens with one attached hydrogen (secondary N) is 2. The van der Waals surface area contributed by atoms with E-state index >= 15 is 0 Å². The minimum Gasteiger partial charge on any atom is -0.430 e. The van der Waals surface area contributed by atoms with Crippen molar-refractivity contribution in [1.82, 2.24) is 15.6 Å². The van der Waals surface area contributed by atoms with Gasteiger partial charge in [-0.15, -0.1) is 0 Å². The maximum Gasteiger partial charge on any atom is 0.289 e. The highest BCUT2D eigenvalue weighted by atomic mass is 16.4. The van der Waals surface area contributed by atoms with Crippen LogP contribution in [0.25, 0.3) is 11.5 Å². The van der Waals surface area contributed by atoms with Gasteiger partial charge >= 0.3 is 0 Å². The summed E-state index contributed by atoms with van der Waals surface area (Å²) in [5, 5.41) is 5.45. The molecule has 0 saturated carbocycles. The minimum atomic E-state index is -0.455. The Morgan fingerprint density at radius 2 is 1.52 bits per heavy atom. The molecule has 0 aliphatic carbocycles. The molecule has 2 amide bonds. The summed E-state index contributed by atoms with van der Waals surface area (Å²) >= 11 is 0. The molecule has 6 nitrogen and oxygen atoms in total. The van der Waals surface area contributed by atoms with Crippen LogP contribution in [0.1, 0.15) is 48.7 Å². The van der Waals surface area contributed by atoms with Gasteiger partial charge in [0.1, 0.15) is 0 Å². The molecule has 1 heterocycles. The minimum absolute atomic E-state index is 0.00398. The molecule has 2 N–H and O–H groups in total. The Morgan fingerprint density at radius 3 is 2.09 bits per heavy atom. The van der Waals surface area contributed by atoms with E-state index in [1.165, 1.54) is 0 Å². The molecule has 1 aromatic carbocycles. The van der Waals surface area contributed by atoms with Gasteiger partial charge in [-0.1, -0.05) is 18.2 Å². The first-order valence-electron chi connectivity index (χ1n) is 7.56. The molecule has 122 valence electrons. The average Bonchev–Trinajstić information content (AvgIpc) is 2.92. The first-order chi connectivity index (χ1) is 10.9. The Labute approximate surface area is 135 Å². The molecule has 1 aromatic heterocycles. The largest absolute Gasteiger partial charge is 0.430 e. The Bertz CT molecular complexity index is 651. The maximum atomic E-state index is 12.3. The highest BCUT2D eigenvalue weighted by molar-refractivity contribution is 6.04. The molecule has 2 aromatic rings. The van der Waals surface area contributed by atoms with E-state index in [1.54, 1.807) is 12.1 Å². The molecule has 0 unspecified atom stereocenters. The van der Waals surface area contributed by atoms with Crippen molar-refractivity contribution in [2.24, 2.45) is 0 Å². The van der Waals surface area contributed by atoms with Gasteiger partial charge in [0, 0.05) is 17.6 Å². The highest BCUT2D eigenvalue weighted by Gasteiger charge is 2.26. The Kier molecular flexibility index (Phi) is 5.16. The van der Waals surface area contributed by atoms with Crippen molar-refractivity contribution in [3.63, 3.8) is 0 Å². The molecule has 0 spiro atoms. The summed E-state index contributed by atoms with van der Waals surface area (Å²) in [7, 11) is 0. The fourth-order valence-corrected chi connectivity index (χ4v) is 1.99. The van der Waals surface area contributed by atoms with Gasteiger partial charge in [0.25, 0.3) is 11.8 Å². The van der Waals surface area contributed by atoms with Crippen LogP contribution >= 0.6 is 0 Å². The molecule has 0 atom stereocenters. The zero-order valence-corrected chi connectivity index (χ0v) is 13.7. The number of carbonyl (C=O) groups excluding carboxylic acids is 2. The standard InChI is InChI=1S/C17H21N3O3/c1-10(2)18-15(21)13-14(16(22)19-11(3)4)23-17(20-13)12-8-6-5-7-9-12/h5-11H,1-4H3,(H,18,21)(H,19,22). The predicted molar refractivity (Wildman–Crippen MR) is 87.1 cm³/mol. The van der Waals surface area contributed by atoms with Gasteiger partial charge in [-0.2, -0.15) is 0 Å². The smallest absolute Gasteiger partial charge is 0.289 e. The van der Waals surface area contributed by atoms with Crippen LogP contribution < -0.4 is 10.6 Å². The Hall–Kier alpha value is -2.63. The molecule has 0 aliphatic heterocycles. The van der Waals surface area contributed by atoms with Gasteiger partial charge in [-0.3, -0.25) is 9.59 Å². The molecule has 0 aliphatic rings. The Balaban J connectivity index is 2.43.